The number of anilines is 1. The van der Waals surface area contributed by atoms with Crippen molar-refractivity contribution in [2.45, 2.75) is 19.9 Å². The predicted molar refractivity (Wildman–Crippen MR) is 78.5 cm³/mol. The fraction of sp³-hybridized carbons (Fsp3) is 0.417. The summed E-state index contributed by atoms with van der Waals surface area (Å²) < 4.78 is 0.906. The van der Waals surface area contributed by atoms with E-state index in [1.807, 2.05) is 32.0 Å². The average molecular weight is 317 g/mol. The molecule has 0 heterocycles. The van der Waals surface area contributed by atoms with Crippen LogP contribution in [-0.2, 0) is 4.79 Å². The van der Waals surface area contributed by atoms with Crippen LogP contribution in [0.1, 0.15) is 12.5 Å². The molecule has 1 aromatic carbocycles. The second kappa shape index (κ2) is 7.03. The molecule has 0 radical (unpaired) electrons. The maximum absolute atomic E-state index is 11.6. The lowest BCUT2D eigenvalue weighted by molar-refractivity contribution is -0.113. The number of thioether (sulfide) groups is 1. The van der Waals surface area contributed by atoms with Crippen molar-refractivity contribution in [1.82, 2.24) is 0 Å². The van der Waals surface area contributed by atoms with Crippen LogP contribution >= 0.6 is 27.7 Å². The van der Waals surface area contributed by atoms with Crippen LogP contribution in [0, 0.1) is 6.92 Å². The second-order valence-corrected chi connectivity index (χ2v) is 5.91. The normalized spacial score (nSPS) is 12.2. The minimum absolute atomic E-state index is 0.000188. The van der Waals surface area contributed by atoms with E-state index in [9.17, 15) is 4.79 Å². The third kappa shape index (κ3) is 5.57. The van der Waals surface area contributed by atoms with E-state index in [2.05, 4.69) is 21.2 Å². The molecule has 0 aliphatic heterocycles. The Morgan fingerprint density at radius 2 is 2.29 bits per heavy atom. The molecular weight excluding hydrogens is 300 g/mol. The molecule has 0 aromatic heterocycles. The lowest BCUT2D eigenvalue weighted by Gasteiger charge is -2.08. The summed E-state index contributed by atoms with van der Waals surface area (Å²) in [5, 5.41) is 2.86. The summed E-state index contributed by atoms with van der Waals surface area (Å²) in [5.41, 5.74) is 7.57. The molecule has 1 aromatic rings. The molecule has 3 N–H and O–H groups in total. The topological polar surface area (TPSA) is 55.1 Å². The Morgan fingerprint density at radius 1 is 1.59 bits per heavy atom. The number of nitrogens with two attached hydrogens (primary N) is 1. The van der Waals surface area contributed by atoms with Gasteiger partial charge in [-0.15, -0.1) is 0 Å². The van der Waals surface area contributed by atoms with Crippen molar-refractivity contribution in [2.24, 2.45) is 5.73 Å². The Hall–Kier alpha value is -0.520. The van der Waals surface area contributed by atoms with Gasteiger partial charge in [-0.1, -0.05) is 6.07 Å². The van der Waals surface area contributed by atoms with Crippen molar-refractivity contribution in [2.75, 3.05) is 16.8 Å². The van der Waals surface area contributed by atoms with E-state index in [0.717, 1.165) is 21.5 Å². The SMILES string of the molecule is Cc1ccc(NC(=O)CSCC(C)N)c(Br)c1. The number of amides is 1. The van der Waals surface area contributed by atoms with E-state index >= 15 is 0 Å². The maximum atomic E-state index is 11.6. The zero-order valence-electron chi connectivity index (χ0n) is 10.00. The molecule has 94 valence electrons. The largest absolute Gasteiger partial charge is 0.327 e. The van der Waals surface area contributed by atoms with E-state index in [1.54, 1.807) is 11.8 Å². The molecule has 17 heavy (non-hydrogen) atoms. The van der Waals surface area contributed by atoms with Crippen LogP contribution in [0.5, 0.6) is 0 Å². The molecule has 3 nitrogen and oxygen atoms in total. The molecule has 0 saturated carbocycles. The van der Waals surface area contributed by atoms with Gasteiger partial charge in [-0.25, -0.2) is 0 Å². The highest BCUT2D eigenvalue weighted by Gasteiger charge is 2.06. The first-order chi connectivity index (χ1) is 7.99. The number of hydrogen-bond acceptors (Lipinski definition) is 3. The Morgan fingerprint density at radius 3 is 2.88 bits per heavy atom. The summed E-state index contributed by atoms with van der Waals surface area (Å²) >= 11 is 4.97. The number of benzene rings is 1. The standard InChI is InChI=1S/C12H17BrN2OS/c1-8-3-4-11(10(13)5-8)15-12(16)7-17-6-9(2)14/h3-5,9H,6-7,14H2,1-2H3,(H,15,16). The van der Waals surface area contributed by atoms with Gasteiger partial charge in [0.1, 0.15) is 0 Å². The number of aryl methyl sites for hydroxylation is 1. The third-order valence-electron chi connectivity index (χ3n) is 2.01. The quantitative estimate of drug-likeness (QED) is 0.878. The monoisotopic (exact) mass is 316 g/mol. The minimum atomic E-state index is 0.000188. The first kappa shape index (κ1) is 14.5. The summed E-state index contributed by atoms with van der Waals surface area (Å²) in [5.74, 6) is 1.23. The smallest absolute Gasteiger partial charge is 0.234 e. The Labute approximate surface area is 115 Å². The lowest BCUT2D eigenvalue weighted by Crippen LogP contribution is -2.20. The molecule has 0 saturated heterocycles. The number of carbonyl (C=O) groups is 1. The molecular formula is C12H17BrN2OS. The van der Waals surface area contributed by atoms with Gasteiger partial charge in [-0.05, 0) is 47.5 Å². The Bertz CT molecular complexity index is 396. The zero-order valence-corrected chi connectivity index (χ0v) is 12.4. The van der Waals surface area contributed by atoms with Crippen molar-refractivity contribution >= 4 is 39.3 Å². The lowest BCUT2D eigenvalue weighted by atomic mass is 10.2. The summed E-state index contributed by atoms with van der Waals surface area (Å²) in [6.45, 7) is 3.94. The highest BCUT2D eigenvalue weighted by molar-refractivity contribution is 9.10. The molecule has 0 aliphatic rings. The number of halogens is 1. The molecule has 0 spiro atoms. The van der Waals surface area contributed by atoms with Gasteiger partial charge in [0.2, 0.25) is 5.91 Å². The van der Waals surface area contributed by atoms with E-state index in [4.69, 9.17) is 5.73 Å². The minimum Gasteiger partial charge on any atom is -0.327 e. The molecule has 0 aliphatic carbocycles. The first-order valence-corrected chi connectivity index (χ1v) is 7.33. The van der Waals surface area contributed by atoms with Crippen LogP contribution in [-0.4, -0.2) is 23.5 Å². The zero-order chi connectivity index (χ0) is 12.8. The van der Waals surface area contributed by atoms with Crippen molar-refractivity contribution in [3.63, 3.8) is 0 Å². The van der Waals surface area contributed by atoms with Crippen LogP contribution in [0.15, 0.2) is 22.7 Å². The highest BCUT2D eigenvalue weighted by Crippen LogP contribution is 2.23. The van der Waals surface area contributed by atoms with Gasteiger partial charge in [0.05, 0.1) is 11.4 Å². The number of hydrogen-bond donors (Lipinski definition) is 2. The third-order valence-corrected chi connectivity index (χ3v) is 3.90. The predicted octanol–water partition coefficient (Wildman–Crippen LogP) is 2.78. The van der Waals surface area contributed by atoms with E-state index in [0.29, 0.717) is 5.75 Å². The Balaban J connectivity index is 2.45. The van der Waals surface area contributed by atoms with Crippen LogP contribution in [0.2, 0.25) is 0 Å². The van der Waals surface area contributed by atoms with Gasteiger partial charge < -0.3 is 11.1 Å². The van der Waals surface area contributed by atoms with Crippen LogP contribution < -0.4 is 11.1 Å². The molecule has 1 atom stereocenters. The van der Waals surface area contributed by atoms with Crippen molar-refractivity contribution in [1.29, 1.82) is 0 Å². The maximum Gasteiger partial charge on any atom is 0.234 e. The summed E-state index contributed by atoms with van der Waals surface area (Å²) in [6, 6.07) is 5.96. The van der Waals surface area contributed by atoms with Crippen molar-refractivity contribution in [3.05, 3.63) is 28.2 Å². The van der Waals surface area contributed by atoms with E-state index < -0.39 is 0 Å². The average Bonchev–Trinajstić information content (AvgIpc) is 2.21. The Kier molecular flexibility index (Phi) is 6.02. The number of carbonyl (C=O) groups excluding carboxylic acids is 1. The van der Waals surface area contributed by atoms with Gasteiger partial charge in [0, 0.05) is 16.3 Å². The first-order valence-electron chi connectivity index (χ1n) is 5.38. The number of nitrogens with one attached hydrogen (secondary N) is 1. The van der Waals surface area contributed by atoms with Gasteiger partial charge >= 0.3 is 0 Å². The van der Waals surface area contributed by atoms with Gasteiger partial charge in [0.15, 0.2) is 0 Å². The molecule has 1 amide bonds. The van der Waals surface area contributed by atoms with Crippen LogP contribution in [0.25, 0.3) is 0 Å². The summed E-state index contributed by atoms with van der Waals surface area (Å²) in [7, 11) is 0. The molecule has 1 unspecified atom stereocenters. The molecule has 5 heteroatoms. The molecule has 1 rings (SSSR count). The van der Waals surface area contributed by atoms with Gasteiger partial charge in [0.25, 0.3) is 0 Å². The molecule has 0 bridgehead atoms. The van der Waals surface area contributed by atoms with Gasteiger partial charge in [-0.2, -0.15) is 11.8 Å². The van der Waals surface area contributed by atoms with E-state index in [1.165, 1.54) is 0 Å². The van der Waals surface area contributed by atoms with Crippen LogP contribution in [0.3, 0.4) is 0 Å². The highest BCUT2D eigenvalue weighted by atomic mass is 79.9. The van der Waals surface area contributed by atoms with Crippen molar-refractivity contribution in [3.8, 4) is 0 Å². The summed E-state index contributed by atoms with van der Waals surface area (Å²) in [4.78, 5) is 11.6. The van der Waals surface area contributed by atoms with Crippen molar-refractivity contribution < 1.29 is 4.79 Å². The fourth-order valence-electron chi connectivity index (χ4n) is 1.25. The molecule has 0 fully saturated rings. The second-order valence-electron chi connectivity index (χ2n) is 4.02. The van der Waals surface area contributed by atoms with Crippen LogP contribution in [0.4, 0.5) is 5.69 Å². The number of rotatable bonds is 5. The summed E-state index contributed by atoms with van der Waals surface area (Å²) in [6.07, 6.45) is 0. The fourth-order valence-corrected chi connectivity index (χ4v) is 2.58. The van der Waals surface area contributed by atoms with Gasteiger partial charge in [-0.3, -0.25) is 4.79 Å². The van der Waals surface area contributed by atoms with E-state index in [-0.39, 0.29) is 11.9 Å².